The quantitative estimate of drug-likeness (QED) is 0.350. The summed E-state index contributed by atoms with van der Waals surface area (Å²) in [6.45, 7) is 10.7. The highest BCUT2D eigenvalue weighted by atomic mass is 127. The zero-order valence-corrected chi connectivity index (χ0v) is 21.7. The predicted molar refractivity (Wildman–Crippen MR) is 134 cm³/mol. The van der Waals surface area contributed by atoms with Crippen molar-refractivity contribution >= 4 is 39.8 Å². The number of hydrogen-bond donors (Lipinski definition) is 1. The first-order valence-corrected chi connectivity index (χ1v) is 12.0. The molecule has 1 aromatic carbocycles. The molecule has 2 aliphatic rings. The highest BCUT2D eigenvalue weighted by Crippen LogP contribution is 2.23. The van der Waals surface area contributed by atoms with Gasteiger partial charge in [-0.25, -0.2) is 8.42 Å². The predicted octanol–water partition coefficient (Wildman–Crippen LogP) is 1.64. The zero-order chi connectivity index (χ0) is 21.1. The van der Waals surface area contributed by atoms with Gasteiger partial charge in [-0.1, -0.05) is 24.3 Å². The Labute approximate surface area is 198 Å². The third kappa shape index (κ3) is 6.30. The summed E-state index contributed by atoms with van der Waals surface area (Å²) in [5.41, 5.74) is 2.53. The van der Waals surface area contributed by atoms with Crippen molar-refractivity contribution in [3.05, 3.63) is 35.4 Å². The molecule has 0 aromatic heterocycles. The summed E-state index contributed by atoms with van der Waals surface area (Å²) in [6.07, 6.45) is 0. The zero-order valence-electron chi connectivity index (χ0n) is 18.6. The van der Waals surface area contributed by atoms with Gasteiger partial charge >= 0.3 is 0 Å². The summed E-state index contributed by atoms with van der Waals surface area (Å²) < 4.78 is 23.7. The Bertz CT molecular complexity index is 818. The van der Waals surface area contributed by atoms with Crippen LogP contribution < -0.4 is 5.32 Å². The number of nitrogens with zero attached hydrogens (tertiary/aromatic N) is 4. The molecule has 7 nitrogen and oxygen atoms in total. The molecule has 0 aliphatic carbocycles. The van der Waals surface area contributed by atoms with Gasteiger partial charge in [-0.05, 0) is 32.0 Å². The van der Waals surface area contributed by atoms with E-state index < -0.39 is 14.6 Å². The average molecular weight is 550 g/mol. The molecule has 0 saturated carbocycles. The standard InChI is InChI=1S/C21H35N5O2S.HI/c1-21(2)17-26(13-14-29(21,27)28)20(22-3)23-15-18-5-7-19(8-6-18)16-25-11-9-24(4)10-12-25;/h5-8H,9-17H2,1-4H3,(H,22,23);1H. The monoisotopic (exact) mass is 549 g/mol. The first kappa shape index (κ1) is 25.4. The third-order valence-corrected chi connectivity index (χ3v) is 8.56. The maximum Gasteiger partial charge on any atom is 0.193 e. The number of rotatable bonds is 4. The van der Waals surface area contributed by atoms with Crippen LogP contribution in [0.3, 0.4) is 0 Å². The second kappa shape index (κ2) is 10.6. The van der Waals surface area contributed by atoms with Gasteiger partial charge in [0.2, 0.25) is 0 Å². The van der Waals surface area contributed by atoms with Crippen LogP contribution in [0.4, 0.5) is 0 Å². The Morgan fingerprint density at radius 1 is 1.07 bits per heavy atom. The number of hydrogen-bond acceptors (Lipinski definition) is 5. The largest absolute Gasteiger partial charge is 0.352 e. The van der Waals surface area contributed by atoms with Crippen LogP contribution in [0.25, 0.3) is 0 Å². The fourth-order valence-electron chi connectivity index (χ4n) is 3.86. The topological polar surface area (TPSA) is 68.2 Å². The van der Waals surface area contributed by atoms with E-state index in [2.05, 4.69) is 51.4 Å². The van der Waals surface area contributed by atoms with Gasteiger partial charge in [0.15, 0.2) is 15.8 Å². The Morgan fingerprint density at radius 3 is 2.23 bits per heavy atom. The Morgan fingerprint density at radius 2 is 1.67 bits per heavy atom. The van der Waals surface area contributed by atoms with Crippen LogP contribution in [0.15, 0.2) is 29.3 Å². The molecule has 0 amide bonds. The normalized spacial score (nSPS) is 22.4. The second-order valence-electron chi connectivity index (χ2n) is 8.80. The van der Waals surface area contributed by atoms with E-state index >= 15 is 0 Å². The van der Waals surface area contributed by atoms with Gasteiger partial charge in [0.05, 0.1) is 10.5 Å². The summed E-state index contributed by atoms with van der Waals surface area (Å²) in [5.74, 6) is 0.927. The number of guanidine groups is 1. The van der Waals surface area contributed by atoms with Crippen molar-refractivity contribution in [3.63, 3.8) is 0 Å². The lowest BCUT2D eigenvalue weighted by molar-refractivity contribution is 0.148. The van der Waals surface area contributed by atoms with E-state index in [1.165, 1.54) is 11.1 Å². The SMILES string of the molecule is CN=C(NCc1ccc(CN2CCN(C)CC2)cc1)N1CCS(=O)(=O)C(C)(C)C1.I. The molecule has 2 saturated heterocycles. The van der Waals surface area contributed by atoms with Crippen molar-refractivity contribution < 1.29 is 8.42 Å². The maximum absolute atomic E-state index is 12.2. The van der Waals surface area contributed by atoms with E-state index in [-0.39, 0.29) is 29.7 Å². The van der Waals surface area contributed by atoms with Gasteiger partial charge in [0.25, 0.3) is 0 Å². The van der Waals surface area contributed by atoms with Crippen molar-refractivity contribution in [2.45, 2.75) is 31.7 Å². The van der Waals surface area contributed by atoms with Crippen LogP contribution in [-0.4, -0.2) is 92.9 Å². The van der Waals surface area contributed by atoms with Gasteiger partial charge in [-0.2, -0.15) is 0 Å². The van der Waals surface area contributed by atoms with Crippen molar-refractivity contribution in [1.82, 2.24) is 20.0 Å². The molecule has 0 unspecified atom stereocenters. The summed E-state index contributed by atoms with van der Waals surface area (Å²) in [7, 11) is 0.871. The van der Waals surface area contributed by atoms with E-state index in [0.717, 1.165) is 38.7 Å². The summed E-state index contributed by atoms with van der Waals surface area (Å²) in [5, 5.41) is 3.39. The van der Waals surface area contributed by atoms with E-state index in [1.54, 1.807) is 20.9 Å². The second-order valence-corrected chi connectivity index (χ2v) is 11.5. The Kier molecular flexibility index (Phi) is 8.96. The Balaban J connectivity index is 0.00000320. The average Bonchev–Trinajstić information content (AvgIpc) is 2.68. The lowest BCUT2D eigenvalue weighted by Crippen LogP contribution is -2.57. The van der Waals surface area contributed by atoms with E-state index in [4.69, 9.17) is 0 Å². The van der Waals surface area contributed by atoms with Crippen LogP contribution >= 0.6 is 24.0 Å². The van der Waals surface area contributed by atoms with Crippen LogP contribution in [0.1, 0.15) is 25.0 Å². The van der Waals surface area contributed by atoms with Gasteiger partial charge in [-0.3, -0.25) is 9.89 Å². The highest BCUT2D eigenvalue weighted by molar-refractivity contribution is 14.0. The summed E-state index contributed by atoms with van der Waals surface area (Å²) in [6, 6.07) is 8.73. The number of sulfone groups is 1. The van der Waals surface area contributed by atoms with Crippen molar-refractivity contribution in [2.75, 3.05) is 59.1 Å². The smallest absolute Gasteiger partial charge is 0.193 e. The number of nitrogens with one attached hydrogen (secondary N) is 1. The van der Waals surface area contributed by atoms with E-state index in [0.29, 0.717) is 19.6 Å². The molecule has 9 heteroatoms. The lowest BCUT2D eigenvalue weighted by atomic mass is 10.1. The summed E-state index contributed by atoms with van der Waals surface area (Å²) >= 11 is 0. The number of piperazine rings is 1. The minimum atomic E-state index is -3.05. The molecular weight excluding hydrogens is 513 g/mol. The van der Waals surface area contributed by atoms with Gasteiger partial charge < -0.3 is 15.1 Å². The summed E-state index contributed by atoms with van der Waals surface area (Å²) in [4.78, 5) is 11.3. The molecule has 1 N–H and O–H groups in total. The number of halogens is 1. The third-order valence-electron chi connectivity index (χ3n) is 6.03. The van der Waals surface area contributed by atoms with E-state index in [9.17, 15) is 8.42 Å². The molecule has 3 rings (SSSR count). The molecule has 0 radical (unpaired) electrons. The maximum atomic E-state index is 12.2. The molecule has 0 atom stereocenters. The first-order chi connectivity index (χ1) is 13.7. The first-order valence-electron chi connectivity index (χ1n) is 10.4. The molecule has 0 spiro atoms. The van der Waals surface area contributed by atoms with E-state index in [1.807, 2.05) is 4.90 Å². The fraction of sp³-hybridized carbons (Fsp3) is 0.667. The van der Waals surface area contributed by atoms with Crippen LogP contribution in [0, 0.1) is 0 Å². The van der Waals surface area contributed by atoms with Gasteiger partial charge in [0, 0.05) is 59.4 Å². The highest BCUT2D eigenvalue weighted by Gasteiger charge is 2.40. The number of benzene rings is 1. The molecule has 30 heavy (non-hydrogen) atoms. The lowest BCUT2D eigenvalue weighted by Gasteiger charge is -2.39. The van der Waals surface area contributed by atoms with Crippen molar-refractivity contribution in [3.8, 4) is 0 Å². The Hall–Kier alpha value is -0.910. The van der Waals surface area contributed by atoms with Crippen molar-refractivity contribution in [2.24, 2.45) is 4.99 Å². The minimum Gasteiger partial charge on any atom is -0.352 e. The minimum absolute atomic E-state index is 0. The number of aliphatic imine (C=N–C) groups is 1. The molecule has 0 bridgehead atoms. The molecule has 170 valence electrons. The van der Waals surface area contributed by atoms with Crippen LogP contribution in [0.5, 0.6) is 0 Å². The van der Waals surface area contributed by atoms with Crippen molar-refractivity contribution in [1.29, 1.82) is 0 Å². The van der Waals surface area contributed by atoms with Crippen LogP contribution in [0.2, 0.25) is 0 Å². The van der Waals surface area contributed by atoms with Gasteiger partial charge in [-0.15, -0.1) is 24.0 Å². The molecular formula is C21H36IN5O2S. The van der Waals surface area contributed by atoms with Crippen LogP contribution in [-0.2, 0) is 22.9 Å². The van der Waals surface area contributed by atoms with Gasteiger partial charge in [0.1, 0.15) is 0 Å². The fourth-order valence-corrected chi connectivity index (χ4v) is 5.23. The molecule has 2 aliphatic heterocycles. The number of likely N-dealkylation sites (N-methyl/N-ethyl adjacent to an activating group) is 1. The molecule has 2 heterocycles. The molecule has 2 fully saturated rings. The molecule has 1 aromatic rings.